The van der Waals surface area contributed by atoms with Gasteiger partial charge in [0.1, 0.15) is 5.82 Å². The molecule has 0 radical (unpaired) electrons. The second kappa shape index (κ2) is 4.58. The Morgan fingerprint density at radius 3 is 2.76 bits per heavy atom. The molecule has 1 atom stereocenters. The Morgan fingerprint density at radius 1 is 1.41 bits per heavy atom. The lowest BCUT2D eigenvalue weighted by atomic mass is 9.98. The minimum atomic E-state index is -0.0145. The fourth-order valence-electron chi connectivity index (χ4n) is 2.19. The molecule has 17 heavy (non-hydrogen) atoms. The second-order valence-corrected chi connectivity index (χ2v) is 4.28. The highest BCUT2D eigenvalue weighted by atomic mass is 15.1. The summed E-state index contributed by atoms with van der Waals surface area (Å²) in [5.74, 6) is 1.07. The summed E-state index contributed by atoms with van der Waals surface area (Å²) in [6, 6.07) is 8.48. The normalized spacial score (nSPS) is 12.6. The van der Waals surface area contributed by atoms with Crippen molar-refractivity contribution in [1.82, 2.24) is 9.55 Å². The lowest BCUT2D eigenvalue weighted by Gasteiger charge is -2.06. The van der Waals surface area contributed by atoms with Crippen LogP contribution in [-0.4, -0.2) is 9.55 Å². The number of aryl methyl sites for hydroxylation is 2. The second-order valence-electron chi connectivity index (χ2n) is 4.28. The molecule has 1 aromatic heterocycles. The van der Waals surface area contributed by atoms with Gasteiger partial charge in [0.2, 0.25) is 0 Å². The van der Waals surface area contributed by atoms with Gasteiger partial charge in [-0.25, -0.2) is 4.98 Å². The predicted molar refractivity (Wildman–Crippen MR) is 68.7 cm³/mol. The quantitative estimate of drug-likeness (QED) is 0.808. The fraction of sp³-hybridized carbons (Fsp3) is 0.429. The van der Waals surface area contributed by atoms with Gasteiger partial charge in [0, 0.05) is 13.5 Å². The minimum Gasteiger partial charge on any atom is -0.331 e. The maximum Gasteiger partial charge on any atom is 0.109 e. The van der Waals surface area contributed by atoms with E-state index in [0.29, 0.717) is 0 Å². The minimum absolute atomic E-state index is 0.0145. The molecule has 2 rings (SSSR count). The van der Waals surface area contributed by atoms with E-state index >= 15 is 0 Å². The average molecular weight is 227 g/mol. The highest BCUT2D eigenvalue weighted by Gasteiger charge is 2.11. The third-order valence-electron chi connectivity index (χ3n) is 3.28. The molecule has 3 nitrogen and oxygen atoms in total. The van der Waals surface area contributed by atoms with Crippen molar-refractivity contribution in [3.63, 3.8) is 0 Å². The van der Waals surface area contributed by atoms with E-state index in [1.165, 1.54) is 0 Å². The Balaban J connectivity index is 2.57. The molecule has 0 bridgehead atoms. The number of hydrogen-bond donors (Lipinski definition) is 0. The van der Waals surface area contributed by atoms with E-state index in [2.05, 4.69) is 28.6 Å². The van der Waals surface area contributed by atoms with E-state index in [4.69, 9.17) is 5.26 Å². The molecule has 0 saturated heterocycles. The first-order valence-electron chi connectivity index (χ1n) is 6.06. The number of nitriles is 1. The van der Waals surface area contributed by atoms with Crippen LogP contribution in [0.25, 0.3) is 11.0 Å². The van der Waals surface area contributed by atoms with E-state index in [1.54, 1.807) is 0 Å². The summed E-state index contributed by atoms with van der Waals surface area (Å²) in [4.78, 5) is 4.56. The molecule has 1 aromatic carbocycles. The van der Waals surface area contributed by atoms with E-state index in [-0.39, 0.29) is 5.92 Å². The van der Waals surface area contributed by atoms with Crippen molar-refractivity contribution in [2.45, 2.75) is 32.6 Å². The summed E-state index contributed by atoms with van der Waals surface area (Å²) in [5.41, 5.74) is 3.22. The van der Waals surface area contributed by atoms with Crippen LogP contribution in [0.1, 0.15) is 37.6 Å². The Bertz CT molecular complexity index is 575. The first-order chi connectivity index (χ1) is 8.21. The van der Waals surface area contributed by atoms with Gasteiger partial charge in [-0.2, -0.15) is 5.26 Å². The van der Waals surface area contributed by atoms with Crippen LogP contribution in [0, 0.1) is 11.3 Å². The van der Waals surface area contributed by atoms with Crippen molar-refractivity contribution >= 4 is 11.0 Å². The smallest absolute Gasteiger partial charge is 0.109 e. The standard InChI is InChI=1S/C14H17N3/c1-4-10(9-15)11-6-7-12-13(8-11)17(3)14(5-2)16-12/h6-8,10H,4-5H2,1-3H3. The molecule has 1 heterocycles. The summed E-state index contributed by atoms with van der Waals surface area (Å²) in [6.07, 6.45) is 1.77. The molecule has 2 aromatic rings. The van der Waals surface area contributed by atoms with Crippen LogP contribution < -0.4 is 0 Å². The van der Waals surface area contributed by atoms with Crippen LogP contribution in [0.15, 0.2) is 18.2 Å². The van der Waals surface area contributed by atoms with Crippen LogP contribution in [0.4, 0.5) is 0 Å². The van der Waals surface area contributed by atoms with Crippen molar-refractivity contribution in [3.8, 4) is 6.07 Å². The third-order valence-corrected chi connectivity index (χ3v) is 3.28. The van der Waals surface area contributed by atoms with Gasteiger partial charge < -0.3 is 4.57 Å². The third kappa shape index (κ3) is 1.91. The zero-order valence-corrected chi connectivity index (χ0v) is 10.6. The van der Waals surface area contributed by atoms with Crippen LogP contribution in [0.2, 0.25) is 0 Å². The number of hydrogen-bond acceptors (Lipinski definition) is 2. The van der Waals surface area contributed by atoms with Gasteiger partial charge in [-0.05, 0) is 24.1 Å². The van der Waals surface area contributed by atoms with Crippen molar-refractivity contribution in [3.05, 3.63) is 29.6 Å². The molecule has 0 aliphatic rings. The number of rotatable bonds is 3. The van der Waals surface area contributed by atoms with E-state index < -0.39 is 0 Å². The summed E-state index contributed by atoms with van der Waals surface area (Å²) >= 11 is 0. The molecule has 0 aliphatic carbocycles. The van der Waals surface area contributed by atoms with Gasteiger partial charge in [0.05, 0.1) is 23.0 Å². The zero-order chi connectivity index (χ0) is 12.4. The zero-order valence-electron chi connectivity index (χ0n) is 10.6. The molecule has 0 fully saturated rings. The van der Waals surface area contributed by atoms with Crippen LogP contribution in [-0.2, 0) is 13.5 Å². The molecule has 0 amide bonds. The number of aromatic nitrogens is 2. The topological polar surface area (TPSA) is 41.6 Å². The average Bonchev–Trinajstić information content (AvgIpc) is 2.68. The molecular weight excluding hydrogens is 210 g/mol. The molecule has 88 valence electrons. The first-order valence-corrected chi connectivity index (χ1v) is 6.06. The van der Waals surface area contributed by atoms with Gasteiger partial charge in [-0.3, -0.25) is 0 Å². The maximum absolute atomic E-state index is 9.10. The van der Waals surface area contributed by atoms with Crippen molar-refractivity contribution < 1.29 is 0 Å². The number of imidazole rings is 1. The summed E-state index contributed by atoms with van der Waals surface area (Å²) in [6.45, 7) is 4.14. The van der Waals surface area contributed by atoms with Crippen LogP contribution >= 0.6 is 0 Å². The molecule has 0 spiro atoms. The van der Waals surface area contributed by atoms with Gasteiger partial charge in [0.25, 0.3) is 0 Å². The van der Waals surface area contributed by atoms with Crippen molar-refractivity contribution in [2.24, 2.45) is 7.05 Å². The number of nitrogens with zero attached hydrogens (tertiary/aromatic N) is 3. The fourth-order valence-corrected chi connectivity index (χ4v) is 2.19. The van der Waals surface area contributed by atoms with Gasteiger partial charge in [0.15, 0.2) is 0 Å². The Kier molecular flexibility index (Phi) is 3.14. The van der Waals surface area contributed by atoms with Gasteiger partial charge in [-0.1, -0.05) is 19.9 Å². The maximum atomic E-state index is 9.10. The molecule has 3 heteroatoms. The number of fused-ring (bicyclic) bond motifs is 1. The lowest BCUT2D eigenvalue weighted by molar-refractivity contribution is 0.813. The highest BCUT2D eigenvalue weighted by molar-refractivity contribution is 5.77. The Labute approximate surface area is 102 Å². The molecule has 0 aliphatic heterocycles. The van der Waals surface area contributed by atoms with Crippen molar-refractivity contribution in [1.29, 1.82) is 5.26 Å². The summed E-state index contributed by atoms with van der Waals surface area (Å²) < 4.78 is 2.11. The lowest BCUT2D eigenvalue weighted by Crippen LogP contribution is -1.97. The Hall–Kier alpha value is -1.82. The molecule has 0 N–H and O–H groups in total. The van der Waals surface area contributed by atoms with Gasteiger partial charge >= 0.3 is 0 Å². The first kappa shape index (κ1) is 11.7. The SMILES string of the molecule is CCc1nc2ccc(C(C#N)CC)cc2n1C. The largest absolute Gasteiger partial charge is 0.331 e. The van der Waals surface area contributed by atoms with E-state index in [9.17, 15) is 0 Å². The molecule has 1 unspecified atom stereocenters. The van der Waals surface area contributed by atoms with Crippen LogP contribution in [0.3, 0.4) is 0 Å². The van der Waals surface area contributed by atoms with E-state index in [0.717, 1.165) is 35.3 Å². The molecule has 0 saturated carbocycles. The Morgan fingerprint density at radius 2 is 2.18 bits per heavy atom. The summed E-state index contributed by atoms with van der Waals surface area (Å²) in [7, 11) is 2.03. The number of benzene rings is 1. The van der Waals surface area contributed by atoms with Gasteiger partial charge in [-0.15, -0.1) is 0 Å². The van der Waals surface area contributed by atoms with E-state index in [1.807, 2.05) is 26.1 Å². The monoisotopic (exact) mass is 227 g/mol. The predicted octanol–water partition coefficient (Wildman–Crippen LogP) is 3.15. The summed E-state index contributed by atoms with van der Waals surface area (Å²) in [5, 5.41) is 9.10. The highest BCUT2D eigenvalue weighted by Crippen LogP contribution is 2.24. The van der Waals surface area contributed by atoms with Crippen LogP contribution in [0.5, 0.6) is 0 Å². The van der Waals surface area contributed by atoms with Crippen molar-refractivity contribution in [2.75, 3.05) is 0 Å². The molecular formula is C14H17N3.